The second kappa shape index (κ2) is 6.06. The quantitative estimate of drug-likeness (QED) is 0.746. The van der Waals surface area contributed by atoms with Gasteiger partial charge in [-0.3, -0.25) is 0 Å². The summed E-state index contributed by atoms with van der Waals surface area (Å²) in [5.41, 5.74) is 5.21. The Morgan fingerprint density at radius 2 is 2.27 bits per heavy atom. The molecule has 0 aliphatic heterocycles. The number of rotatable bonds is 5. The van der Waals surface area contributed by atoms with E-state index in [4.69, 9.17) is 5.73 Å². The number of aromatic nitrogens is 2. The molecule has 1 aromatic rings. The number of hydrogen-bond acceptors (Lipinski definition) is 4. The highest BCUT2D eigenvalue weighted by Gasteiger charge is 2.17. The van der Waals surface area contributed by atoms with Crippen molar-refractivity contribution in [3.63, 3.8) is 0 Å². The van der Waals surface area contributed by atoms with Gasteiger partial charge < -0.3 is 10.3 Å². The summed E-state index contributed by atoms with van der Waals surface area (Å²) in [6.45, 7) is 2.93. The van der Waals surface area contributed by atoms with Gasteiger partial charge in [0.1, 0.15) is 0 Å². The fraction of sp³-hybridized carbons (Fsp3) is 0.571. The topological polar surface area (TPSA) is 90.0 Å². The van der Waals surface area contributed by atoms with Crippen molar-refractivity contribution in [1.82, 2.24) is 14.3 Å². The number of imidazole rings is 1. The van der Waals surface area contributed by atoms with Gasteiger partial charge in [-0.05, 0) is 6.92 Å². The molecule has 0 aliphatic rings. The van der Waals surface area contributed by atoms with Gasteiger partial charge in [-0.25, -0.2) is 18.1 Å². The van der Waals surface area contributed by atoms with E-state index in [1.54, 1.807) is 4.57 Å². The normalized spacial score (nSPS) is 11.1. The average Bonchev–Trinajstić information content (AvgIpc) is 2.63. The molecule has 0 spiro atoms. The summed E-state index contributed by atoms with van der Waals surface area (Å²) < 4.78 is 27.1. The zero-order chi connectivity index (χ0) is 10.6. The molecule has 0 saturated heterocycles. The van der Waals surface area contributed by atoms with Crippen molar-refractivity contribution in [2.75, 3.05) is 13.1 Å². The molecule has 15 heavy (non-hydrogen) atoms. The van der Waals surface area contributed by atoms with Crippen molar-refractivity contribution in [2.45, 2.75) is 18.5 Å². The standard InChI is InChI=1S/C7H14N4O2S.ClH/c1-2-11-6-9-5-7(11)14(12,13)10-4-3-8;/h5-6,10H,2-4,8H2,1H3;1H. The Morgan fingerprint density at radius 1 is 1.60 bits per heavy atom. The van der Waals surface area contributed by atoms with E-state index in [1.807, 2.05) is 6.92 Å². The van der Waals surface area contributed by atoms with Crippen LogP contribution in [0.2, 0.25) is 0 Å². The molecule has 3 N–H and O–H groups in total. The van der Waals surface area contributed by atoms with Crippen molar-refractivity contribution in [3.05, 3.63) is 12.5 Å². The van der Waals surface area contributed by atoms with Crippen LogP contribution in [0.25, 0.3) is 0 Å². The monoisotopic (exact) mass is 254 g/mol. The van der Waals surface area contributed by atoms with Crippen molar-refractivity contribution in [3.8, 4) is 0 Å². The molecule has 1 rings (SSSR count). The second-order valence-corrected chi connectivity index (χ2v) is 4.42. The van der Waals surface area contributed by atoms with Crippen molar-refractivity contribution < 1.29 is 8.42 Å². The van der Waals surface area contributed by atoms with Gasteiger partial charge in [-0.2, -0.15) is 0 Å². The number of sulfonamides is 1. The fourth-order valence-electron chi connectivity index (χ4n) is 1.04. The number of aryl methyl sites for hydroxylation is 1. The molecule has 8 heteroatoms. The Kier molecular flexibility index (Phi) is 5.81. The average molecular weight is 255 g/mol. The number of nitrogens with zero attached hydrogens (tertiary/aromatic N) is 2. The first kappa shape index (κ1) is 14.4. The molecule has 0 amide bonds. The highest BCUT2D eigenvalue weighted by atomic mass is 35.5. The van der Waals surface area contributed by atoms with Gasteiger partial charge in [0.25, 0.3) is 10.0 Å². The lowest BCUT2D eigenvalue weighted by atomic mass is 10.7. The molecule has 0 unspecified atom stereocenters. The minimum absolute atomic E-state index is 0. The van der Waals surface area contributed by atoms with Crippen LogP contribution in [0.3, 0.4) is 0 Å². The van der Waals surface area contributed by atoms with E-state index in [9.17, 15) is 8.42 Å². The first-order valence-electron chi connectivity index (χ1n) is 4.31. The molecule has 88 valence electrons. The molecule has 0 fully saturated rings. The van der Waals surface area contributed by atoms with E-state index in [-0.39, 0.29) is 30.5 Å². The molecule has 0 aromatic carbocycles. The van der Waals surface area contributed by atoms with Gasteiger partial charge in [-0.1, -0.05) is 0 Å². The van der Waals surface area contributed by atoms with Crippen LogP contribution in [-0.2, 0) is 16.6 Å². The summed E-state index contributed by atoms with van der Waals surface area (Å²) in [5.74, 6) is 0. The first-order chi connectivity index (χ1) is 6.61. The van der Waals surface area contributed by atoms with E-state index in [0.717, 1.165) is 0 Å². The number of halogens is 1. The van der Waals surface area contributed by atoms with Gasteiger partial charge in [0.15, 0.2) is 5.03 Å². The van der Waals surface area contributed by atoms with E-state index < -0.39 is 10.0 Å². The summed E-state index contributed by atoms with van der Waals surface area (Å²) in [5, 5.41) is 0.174. The van der Waals surface area contributed by atoms with Gasteiger partial charge >= 0.3 is 0 Å². The Hall–Kier alpha value is -0.630. The van der Waals surface area contributed by atoms with Gasteiger partial charge in [0.2, 0.25) is 0 Å². The van der Waals surface area contributed by atoms with Crippen LogP contribution in [0.5, 0.6) is 0 Å². The Morgan fingerprint density at radius 3 is 2.80 bits per heavy atom. The maximum absolute atomic E-state index is 11.6. The minimum Gasteiger partial charge on any atom is -0.329 e. The highest BCUT2D eigenvalue weighted by Crippen LogP contribution is 2.06. The zero-order valence-electron chi connectivity index (χ0n) is 8.38. The summed E-state index contributed by atoms with van der Waals surface area (Å²) in [4.78, 5) is 3.78. The molecule has 0 radical (unpaired) electrons. The van der Waals surface area contributed by atoms with E-state index in [2.05, 4.69) is 9.71 Å². The van der Waals surface area contributed by atoms with Crippen molar-refractivity contribution >= 4 is 22.4 Å². The lowest BCUT2D eigenvalue weighted by molar-refractivity contribution is 0.564. The second-order valence-electron chi connectivity index (χ2n) is 2.70. The Labute approximate surface area is 95.3 Å². The van der Waals surface area contributed by atoms with Crippen LogP contribution in [0.15, 0.2) is 17.6 Å². The molecule has 0 atom stereocenters. The minimum atomic E-state index is -3.45. The van der Waals surface area contributed by atoms with E-state index in [1.165, 1.54) is 12.5 Å². The van der Waals surface area contributed by atoms with E-state index >= 15 is 0 Å². The molecule has 1 aromatic heterocycles. The fourth-order valence-corrected chi connectivity index (χ4v) is 2.26. The first-order valence-corrected chi connectivity index (χ1v) is 5.80. The van der Waals surface area contributed by atoms with Crippen LogP contribution in [0.4, 0.5) is 0 Å². The van der Waals surface area contributed by atoms with Crippen LogP contribution >= 0.6 is 12.4 Å². The molecule has 0 bridgehead atoms. The third kappa shape index (κ3) is 3.45. The largest absolute Gasteiger partial charge is 0.329 e. The molecule has 0 aliphatic carbocycles. The van der Waals surface area contributed by atoms with E-state index in [0.29, 0.717) is 6.54 Å². The molecule has 0 saturated carbocycles. The number of nitrogens with two attached hydrogens (primary N) is 1. The van der Waals surface area contributed by atoms with Crippen LogP contribution in [0.1, 0.15) is 6.92 Å². The maximum atomic E-state index is 11.6. The Balaban J connectivity index is 0.00000196. The van der Waals surface area contributed by atoms with Crippen LogP contribution in [-0.4, -0.2) is 31.1 Å². The summed E-state index contributed by atoms with van der Waals surface area (Å²) in [6.07, 6.45) is 2.80. The third-order valence-corrected chi connectivity index (χ3v) is 3.20. The summed E-state index contributed by atoms with van der Waals surface area (Å²) >= 11 is 0. The summed E-state index contributed by atoms with van der Waals surface area (Å²) in [6, 6.07) is 0. The predicted molar refractivity (Wildman–Crippen MR) is 59.4 cm³/mol. The number of hydrogen-bond donors (Lipinski definition) is 2. The number of nitrogens with one attached hydrogen (secondary N) is 1. The smallest absolute Gasteiger partial charge is 0.257 e. The summed E-state index contributed by atoms with van der Waals surface area (Å²) in [7, 11) is -3.45. The maximum Gasteiger partial charge on any atom is 0.257 e. The molecule has 1 heterocycles. The van der Waals surface area contributed by atoms with Crippen LogP contribution in [0, 0.1) is 0 Å². The van der Waals surface area contributed by atoms with Crippen LogP contribution < -0.4 is 10.5 Å². The lowest BCUT2D eigenvalue weighted by Gasteiger charge is -2.06. The predicted octanol–water partition coefficient (Wildman–Crippen LogP) is -0.438. The van der Waals surface area contributed by atoms with Gasteiger partial charge in [-0.15, -0.1) is 12.4 Å². The third-order valence-electron chi connectivity index (χ3n) is 1.73. The van der Waals surface area contributed by atoms with Gasteiger partial charge in [0.05, 0.1) is 12.5 Å². The molecular weight excluding hydrogens is 240 g/mol. The Bertz CT molecular complexity index is 389. The molecule has 6 nitrogen and oxygen atoms in total. The lowest BCUT2D eigenvalue weighted by Crippen LogP contribution is -2.30. The zero-order valence-corrected chi connectivity index (χ0v) is 10.0. The van der Waals surface area contributed by atoms with Crippen molar-refractivity contribution in [2.24, 2.45) is 5.73 Å². The molecular formula is C7H15ClN4O2S. The van der Waals surface area contributed by atoms with Gasteiger partial charge in [0, 0.05) is 19.6 Å². The highest BCUT2D eigenvalue weighted by molar-refractivity contribution is 7.89. The van der Waals surface area contributed by atoms with Crippen molar-refractivity contribution in [1.29, 1.82) is 0 Å². The SMILES string of the molecule is CCn1cncc1S(=O)(=O)NCCN.Cl.